The molecule has 32 heavy (non-hydrogen) atoms. The van der Waals surface area contributed by atoms with E-state index >= 15 is 0 Å². The molecule has 2 aromatic carbocycles. The summed E-state index contributed by atoms with van der Waals surface area (Å²) in [6.45, 7) is 1.63. The number of rotatable bonds is 9. The Balaban J connectivity index is 2.00. The number of nitrogens with one attached hydrogen (secondary N) is 1. The highest BCUT2D eigenvalue weighted by atomic mass is 19.1. The van der Waals surface area contributed by atoms with Crippen LogP contribution in [0.25, 0.3) is 0 Å². The van der Waals surface area contributed by atoms with E-state index in [-0.39, 0.29) is 36.2 Å². The number of nitrogens with zero attached hydrogens (tertiary/aromatic N) is 2. The molecule has 8 heteroatoms. The Morgan fingerprint density at radius 1 is 1.31 bits per heavy atom. The van der Waals surface area contributed by atoms with E-state index in [1.807, 2.05) is 31.3 Å². The first-order chi connectivity index (χ1) is 15.4. The van der Waals surface area contributed by atoms with Crippen molar-refractivity contribution in [2.45, 2.75) is 31.2 Å². The summed E-state index contributed by atoms with van der Waals surface area (Å²) >= 11 is 0. The molecule has 0 spiro atoms. The molecule has 0 aromatic heterocycles. The van der Waals surface area contributed by atoms with Crippen molar-refractivity contribution in [1.82, 2.24) is 0 Å². The standard InChI is InChI=1S/C24H28FN3O4/c1-28(19-7-9-32-10-8-19)23-6-4-17(18(15-31-2)13-24(29)30)12-22(23)27-21-5-3-16(14-26)11-20(21)25/h3-6,11-12,18-19,27H,7-10,13,15H2,1-2H3,(H,29,30). The third kappa shape index (κ3) is 5.75. The maximum Gasteiger partial charge on any atom is 0.304 e. The summed E-state index contributed by atoms with van der Waals surface area (Å²) in [4.78, 5) is 13.5. The van der Waals surface area contributed by atoms with Crippen molar-refractivity contribution in [2.75, 3.05) is 44.2 Å². The van der Waals surface area contributed by atoms with Crippen molar-refractivity contribution in [3.63, 3.8) is 0 Å². The Labute approximate surface area is 187 Å². The van der Waals surface area contributed by atoms with Gasteiger partial charge in [0.15, 0.2) is 0 Å². The third-order valence-electron chi connectivity index (χ3n) is 5.77. The Morgan fingerprint density at radius 3 is 2.69 bits per heavy atom. The maximum atomic E-state index is 14.6. The molecule has 0 bridgehead atoms. The molecule has 1 fully saturated rings. The largest absolute Gasteiger partial charge is 0.481 e. The molecule has 0 aliphatic carbocycles. The van der Waals surface area contributed by atoms with E-state index in [0.717, 1.165) is 24.1 Å². The SMILES string of the molecule is COCC(CC(=O)O)c1ccc(N(C)C2CCOCC2)c(Nc2ccc(C#N)cc2F)c1. The summed E-state index contributed by atoms with van der Waals surface area (Å²) in [7, 11) is 3.53. The molecule has 1 heterocycles. The van der Waals surface area contributed by atoms with Gasteiger partial charge < -0.3 is 24.8 Å². The lowest BCUT2D eigenvalue weighted by molar-refractivity contribution is -0.137. The van der Waals surface area contributed by atoms with Crippen LogP contribution < -0.4 is 10.2 Å². The van der Waals surface area contributed by atoms with Crippen molar-refractivity contribution in [3.05, 3.63) is 53.3 Å². The van der Waals surface area contributed by atoms with Crippen molar-refractivity contribution in [2.24, 2.45) is 0 Å². The lowest BCUT2D eigenvalue weighted by atomic mass is 9.95. The fourth-order valence-corrected chi connectivity index (χ4v) is 4.00. The van der Waals surface area contributed by atoms with Gasteiger partial charge in [0.05, 0.1) is 41.7 Å². The van der Waals surface area contributed by atoms with Crippen LogP contribution in [0.15, 0.2) is 36.4 Å². The molecule has 1 atom stereocenters. The summed E-state index contributed by atoms with van der Waals surface area (Å²) in [5, 5.41) is 21.5. The van der Waals surface area contributed by atoms with E-state index in [1.54, 1.807) is 6.07 Å². The van der Waals surface area contributed by atoms with Gasteiger partial charge in [-0.1, -0.05) is 6.07 Å². The van der Waals surface area contributed by atoms with Crippen molar-refractivity contribution >= 4 is 23.0 Å². The number of hydrogen-bond donors (Lipinski definition) is 2. The van der Waals surface area contributed by atoms with E-state index < -0.39 is 11.8 Å². The van der Waals surface area contributed by atoms with Crippen LogP contribution in [-0.4, -0.2) is 51.1 Å². The zero-order valence-electron chi connectivity index (χ0n) is 18.3. The van der Waals surface area contributed by atoms with Gasteiger partial charge in [0.25, 0.3) is 0 Å². The average Bonchev–Trinajstić information content (AvgIpc) is 2.80. The van der Waals surface area contributed by atoms with Crippen LogP contribution in [0.1, 0.15) is 36.3 Å². The fraction of sp³-hybridized carbons (Fsp3) is 0.417. The first-order valence-corrected chi connectivity index (χ1v) is 10.5. The van der Waals surface area contributed by atoms with Gasteiger partial charge in [0.2, 0.25) is 0 Å². The van der Waals surface area contributed by atoms with E-state index in [4.69, 9.17) is 14.7 Å². The van der Waals surface area contributed by atoms with Crippen molar-refractivity contribution in [3.8, 4) is 6.07 Å². The lowest BCUT2D eigenvalue weighted by Gasteiger charge is -2.34. The second-order valence-electron chi connectivity index (χ2n) is 7.91. The smallest absolute Gasteiger partial charge is 0.304 e. The van der Waals surface area contributed by atoms with Gasteiger partial charge in [0.1, 0.15) is 5.82 Å². The predicted molar refractivity (Wildman–Crippen MR) is 120 cm³/mol. The van der Waals surface area contributed by atoms with Crippen molar-refractivity contribution < 1.29 is 23.8 Å². The topological polar surface area (TPSA) is 94.8 Å². The molecule has 1 saturated heterocycles. The lowest BCUT2D eigenvalue weighted by Crippen LogP contribution is -2.37. The molecule has 0 radical (unpaired) electrons. The van der Waals surface area contributed by atoms with Crippen LogP contribution in [0.4, 0.5) is 21.5 Å². The van der Waals surface area contributed by atoms with Crippen LogP contribution in [0.3, 0.4) is 0 Å². The summed E-state index contributed by atoms with van der Waals surface area (Å²) in [6.07, 6.45) is 1.69. The van der Waals surface area contributed by atoms with Crippen LogP contribution in [-0.2, 0) is 14.3 Å². The van der Waals surface area contributed by atoms with Crippen LogP contribution >= 0.6 is 0 Å². The number of methoxy groups -OCH3 is 1. The second-order valence-corrected chi connectivity index (χ2v) is 7.91. The third-order valence-corrected chi connectivity index (χ3v) is 5.77. The van der Waals surface area contributed by atoms with Gasteiger partial charge >= 0.3 is 5.97 Å². The molecule has 2 N–H and O–H groups in total. The number of benzene rings is 2. The Hall–Kier alpha value is -3.15. The van der Waals surface area contributed by atoms with E-state index in [9.17, 15) is 14.3 Å². The molecule has 3 rings (SSSR count). The minimum atomic E-state index is -0.914. The fourth-order valence-electron chi connectivity index (χ4n) is 4.00. The average molecular weight is 442 g/mol. The molecular formula is C24H28FN3O4. The number of anilines is 3. The highest BCUT2D eigenvalue weighted by molar-refractivity contribution is 5.77. The molecule has 170 valence electrons. The summed E-state index contributed by atoms with van der Waals surface area (Å²) in [6, 6.07) is 12.2. The summed E-state index contributed by atoms with van der Waals surface area (Å²) in [5.41, 5.74) is 2.80. The Bertz CT molecular complexity index is 986. The Morgan fingerprint density at radius 2 is 2.06 bits per heavy atom. The van der Waals surface area contributed by atoms with Gasteiger partial charge in [-0.3, -0.25) is 4.79 Å². The molecule has 0 saturated carbocycles. The van der Waals surface area contributed by atoms with Crippen LogP contribution in [0.5, 0.6) is 0 Å². The highest BCUT2D eigenvalue weighted by Gasteiger charge is 2.23. The molecule has 1 unspecified atom stereocenters. The summed E-state index contributed by atoms with van der Waals surface area (Å²) < 4.78 is 25.3. The Kier molecular flexibility index (Phi) is 8.03. The molecule has 2 aromatic rings. The van der Waals surface area contributed by atoms with Gasteiger partial charge in [-0.2, -0.15) is 5.26 Å². The van der Waals surface area contributed by atoms with Crippen LogP contribution in [0.2, 0.25) is 0 Å². The quantitative estimate of drug-likeness (QED) is 0.600. The number of hydrogen-bond acceptors (Lipinski definition) is 6. The number of aliphatic carboxylic acids is 1. The van der Waals surface area contributed by atoms with Gasteiger partial charge in [-0.05, 0) is 48.7 Å². The zero-order chi connectivity index (χ0) is 23.1. The number of halogens is 1. The predicted octanol–water partition coefficient (Wildman–Crippen LogP) is 4.26. The maximum absolute atomic E-state index is 14.6. The van der Waals surface area contributed by atoms with Gasteiger partial charge in [-0.25, -0.2) is 4.39 Å². The van der Waals surface area contributed by atoms with Crippen LogP contribution in [0, 0.1) is 17.1 Å². The molecule has 0 amide bonds. The minimum absolute atomic E-state index is 0.0757. The monoisotopic (exact) mass is 441 g/mol. The number of nitriles is 1. The highest BCUT2D eigenvalue weighted by Crippen LogP contribution is 2.35. The molecule has 7 nitrogen and oxygen atoms in total. The molecule has 1 aliphatic rings. The summed E-state index contributed by atoms with van der Waals surface area (Å²) in [5.74, 6) is -1.79. The number of ether oxygens (including phenoxy) is 2. The van der Waals surface area contributed by atoms with E-state index in [1.165, 1.54) is 19.2 Å². The van der Waals surface area contributed by atoms with E-state index in [2.05, 4.69) is 10.2 Å². The normalized spacial score (nSPS) is 15.1. The van der Waals surface area contributed by atoms with Gasteiger partial charge in [0, 0.05) is 39.3 Å². The number of carboxylic acids is 1. The zero-order valence-corrected chi connectivity index (χ0v) is 18.3. The molecule has 1 aliphatic heterocycles. The molecular weight excluding hydrogens is 413 g/mol. The number of carboxylic acid groups (broad SMARTS) is 1. The van der Waals surface area contributed by atoms with Crippen molar-refractivity contribution in [1.29, 1.82) is 5.26 Å². The van der Waals surface area contributed by atoms with Gasteiger partial charge in [-0.15, -0.1) is 0 Å². The number of carbonyl (C=O) groups is 1. The minimum Gasteiger partial charge on any atom is -0.481 e. The second kappa shape index (κ2) is 10.9. The first-order valence-electron chi connectivity index (χ1n) is 10.5. The first kappa shape index (κ1) is 23.5. The van der Waals surface area contributed by atoms with E-state index in [0.29, 0.717) is 18.9 Å².